The van der Waals surface area contributed by atoms with Crippen molar-refractivity contribution in [3.63, 3.8) is 0 Å². The predicted molar refractivity (Wildman–Crippen MR) is 115 cm³/mol. The molecule has 1 aromatic heterocycles. The Hall–Kier alpha value is -1.84. The van der Waals surface area contributed by atoms with E-state index < -0.39 is 10.0 Å². The molecule has 158 valence electrons. The van der Waals surface area contributed by atoms with Crippen LogP contribution < -0.4 is 5.32 Å². The molecule has 3 rings (SSSR count). The lowest BCUT2D eigenvalue weighted by Gasteiger charge is -2.20. The van der Waals surface area contributed by atoms with Crippen LogP contribution in [0.1, 0.15) is 54.9 Å². The third kappa shape index (κ3) is 5.83. The van der Waals surface area contributed by atoms with Crippen LogP contribution >= 0.6 is 11.3 Å². The first-order valence-corrected chi connectivity index (χ1v) is 12.3. The molecule has 0 aliphatic carbocycles. The fraction of sp³-hybridized carbons (Fsp3) is 0.550. The first-order valence-electron chi connectivity index (χ1n) is 10.1. The number of ketones is 1. The van der Waals surface area contributed by atoms with Gasteiger partial charge >= 0.3 is 0 Å². The van der Waals surface area contributed by atoms with Gasteiger partial charge < -0.3 is 5.32 Å². The number of nitrogens with zero attached hydrogens (tertiary/aromatic N) is 3. The Morgan fingerprint density at radius 3 is 2.59 bits per heavy atom. The van der Waals surface area contributed by atoms with Gasteiger partial charge in [-0.2, -0.15) is 4.31 Å². The first kappa shape index (κ1) is 21.9. The average Bonchev–Trinajstić information content (AvgIpc) is 2.95. The Morgan fingerprint density at radius 1 is 1.17 bits per heavy atom. The van der Waals surface area contributed by atoms with Crippen LogP contribution in [0.2, 0.25) is 0 Å². The van der Waals surface area contributed by atoms with Crippen LogP contribution in [-0.2, 0) is 16.4 Å². The highest BCUT2D eigenvalue weighted by Gasteiger charge is 2.25. The van der Waals surface area contributed by atoms with E-state index in [0.717, 1.165) is 37.1 Å². The predicted octanol–water partition coefficient (Wildman–Crippen LogP) is 3.60. The number of anilines is 1. The van der Waals surface area contributed by atoms with E-state index in [9.17, 15) is 13.2 Å². The Bertz CT molecular complexity index is 933. The molecule has 9 heteroatoms. The van der Waals surface area contributed by atoms with Crippen LogP contribution in [0.15, 0.2) is 29.2 Å². The minimum absolute atomic E-state index is 0.0452. The second-order valence-corrected chi connectivity index (χ2v) is 10.7. The van der Waals surface area contributed by atoms with Crippen molar-refractivity contribution in [2.45, 2.75) is 50.8 Å². The highest BCUT2D eigenvalue weighted by molar-refractivity contribution is 7.89. The minimum atomic E-state index is -3.58. The monoisotopic (exact) mass is 436 g/mol. The van der Waals surface area contributed by atoms with Crippen molar-refractivity contribution in [3.8, 4) is 0 Å². The SMILES string of the molecule is CC(C)Cc1nnc(NCC(=O)c2cccc(S(=O)(=O)N3CCCCCC3)c2)s1. The summed E-state index contributed by atoms with van der Waals surface area (Å²) in [6, 6.07) is 6.32. The largest absolute Gasteiger partial charge is 0.353 e. The van der Waals surface area contributed by atoms with E-state index in [1.54, 1.807) is 22.5 Å². The number of nitrogens with one attached hydrogen (secondary N) is 1. The molecule has 0 atom stereocenters. The average molecular weight is 437 g/mol. The van der Waals surface area contributed by atoms with Crippen LogP contribution in [-0.4, -0.2) is 48.3 Å². The van der Waals surface area contributed by atoms with Gasteiger partial charge in [0.25, 0.3) is 0 Å². The molecule has 29 heavy (non-hydrogen) atoms. The highest BCUT2D eigenvalue weighted by atomic mass is 32.2. The van der Waals surface area contributed by atoms with E-state index in [2.05, 4.69) is 29.4 Å². The Morgan fingerprint density at radius 2 is 1.90 bits per heavy atom. The van der Waals surface area contributed by atoms with Crippen molar-refractivity contribution in [2.75, 3.05) is 25.0 Å². The van der Waals surface area contributed by atoms with Gasteiger partial charge in [0.2, 0.25) is 15.2 Å². The summed E-state index contributed by atoms with van der Waals surface area (Å²) in [7, 11) is -3.58. The fourth-order valence-electron chi connectivity index (χ4n) is 3.28. The number of carbonyl (C=O) groups excluding carboxylic acids is 1. The van der Waals surface area contributed by atoms with E-state index in [-0.39, 0.29) is 17.2 Å². The Balaban J connectivity index is 1.66. The standard InChI is InChI=1S/C20H28N4O3S2/c1-15(2)12-19-22-23-20(28-19)21-14-18(25)16-8-7-9-17(13-16)29(26,27)24-10-5-3-4-6-11-24/h7-9,13,15H,3-6,10-12,14H2,1-2H3,(H,21,23). The van der Waals surface area contributed by atoms with Crippen molar-refractivity contribution in [3.05, 3.63) is 34.8 Å². The third-order valence-corrected chi connectivity index (χ3v) is 7.61. The van der Waals surface area contributed by atoms with E-state index in [4.69, 9.17) is 0 Å². The number of hydrogen-bond acceptors (Lipinski definition) is 7. The van der Waals surface area contributed by atoms with E-state index in [1.165, 1.54) is 17.4 Å². The molecular formula is C20H28N4O3S2. The van der Waals surface area contributed by atoms with Gasteiger partial charge in [0.05, 0.1) is 11.4 Å². The summed E-state index contributed by atoms with van der Waals surface area (Å²) < 4.78 is 27.5. The lowest BCUT2D eigenvalue weighted by Crippen LogP contribution is -2.32. The summed E-state index contributed by atoms with van der Waals surface area (Å²) in [6.07, 6.45) is 4.72. The number of rotatable bonds is 8. The van der Waals surface area contributed by atoms with Gasteiger partial charge in [0.1, 0.15) is 5.01 Å². The van der Waals surface area contributed by atoms with E-state index >= 15 is 0 Å². The first-order chi connectivity index (χ1) is 13.9. The molecular weight excluding hydrogens is 408 g/mol. The molecule has 0 radical (unpaired) electrons. The maximum Gasteiger partial charge on any atom is 0.243 e. The normalized spacial score (nSPS) is 16.0. The number of carbonyl (C=O) groups is 1. The van der Waals surface area contributed by atoms with Crippen LogP contribution in [0, 0.1) is 5.92 Å². The molecule has 1 saturated heterocycles. The number of aromatic nitrogens is 2. The number of benzene rings is 1. The van der Waals surface area contributed by atoms with Gasteiger partial charge in [-0.05, 0) is 30.9 Å². The lowest BCUT2D eigenvalue weighted by molar-refractivity contribution is 0.101. The van der Waals surface area contributed by atoms with Crippen molar-refractivity contribution in [1.82, 2.24) is 14.5 Å². The number of sulfonamides is 1. The zero-order valence-electron chi connectivity index (χ0n) is 16.9. The zero-order valence-corrected chi connectivity index (χ0v) is 18.6. The molecule has 7 nitrogen and oxygen atoms in total. The molecule has 1 fully saturated rings. The maximum absolute atomic E-state index is 13.0. The maximum atomic E-state index is 13.0. The third-order valence-electron chi connectivity index (χ3n) is 4.81. The molecule has 2 aromatic rings. The van der Waals surface area contributed by atoms with Crippen molar-refractivity contribution < 1.29 is 13.2 Å². The van der Waals surface area contributed by atoms with Gasteiger partial charge in [-0.1, -0.05) is 50.2 Å². The van der Waals surface area contributed by atoms with Crippen molar-refractivity contribution >= 4 is 32.3 Å². The summed E-state index contributed by atoms with van der Waals surface area (Å²) in [5, 5.41) is 12.7. The summed E-state index contributed by atoms with van der Waals surface area (Å²) in [4.78, 5) is 12.8. The molecule has 1 aromatic carbocycles. The quantitative estimate of drug-likeness (QED) is 0.636. The topological polar surface area (TPSA) is 92.3 Å². The molecule has 0 amide bonds. The lowest BCUT2D eigenvalue weighted by atomic mass is 10.1. The van der Waals surface area contributed by atoms with Gasteiger partial charge in [-0.25, -0.2) is 8.42 Å². The smallest absolute Gasteiger partial charge is 0.243 e. The van der Waals surface area contributed by atoms with Gasteiger partial charge in [-0.3, -0.25) is 4.79 Å². The van der Waals surface area contributed by atoms with Crippen LogP contribution in [0.3, 0.4) is 0 Å². The summed E-state index contributed by atoms with van der Waals surface area (Å²) in [5.74, 6) is 0.310. The van der Waals surface area contributed by atoms with E-state index in [1.807, 2.05) is 0 Å². The van der Waals surface area contributed by atoms with Gasteiger partial charge in [0.15, 0.2) is 5.78 Å². The van der Waals surface area contributed by atoms with Crippen LogP contribution in [0.5, 0.6) is 0 Å². The number of hydrogen-bond donors (Lipinski definition) is 1. The molecule has 0 spiro atoms. The summed E-state index contributed by atoms with van der Waals surface area (Å²) in [6.45, 7) is 5.36. The second kappa shape index (κ2) is 9.77. The summed E-state index contributed by atoms with van der Waals surface area (Å²) >= 11 is 1.44. The molecule has 1 N–H and O–H groups in total. The second-order valence-electron chi connectivity index (χ2n) is 7.72. The fourth-order valence-corrected chi connectivity index (χ4v) is 5.79. The Labute approximate surface area is 176 Å². The van der Waals surface area contributed by atoms with Gasteiger partial charge in [-0.15, -0.1) is 10.2 Å². The molecule has 1 aliphatic rings. The van der Waals surface area contributed by atoms with Crippen LogP contribution in [0.4, 0.5) is 5.13 Å². The molecule has 2 heterocycles. The van der Waals surface area contributed by atoms with Gasteiger partial charge in [0, 0.05) is 25.1 Å². The van der Waals surface area contributed by atoms with Crippen LogP contribution in [0.25, 0.3) is 0 Å². The minimum Gasteiger partial charge on any atom is -0.353 e. The molecule has 0 unspecified atom stereocenters. The van der Waals surface area contributed by atoms with Crippen molar-refractivity contribution in [1.29, 1.82) is 0 Å². The molecule has 1 aliphatic heterocycles. The summed E-state index contributed by atoms with van der Waals surface area (Å²) in [5.41, 5.74) is 0.375. The van der Waals surface area contributed by atoms with E-state index in [0.29, 0.717) is 29.7 Å². The van der Waals surface area contributed by atoms with Crippen molar-refractivity contribution in [2.24, 2.45) is 5.92 Å². The molecule has 0 bridgehead atoms. The number of Topliss-reactive ketones (excluding diaryl/α,β-unsaturated/α-hetero) is 1. The Kier molecular flexibility index (Phi) is 7.37. The molecule has 0 saturated carbocycles. The highest BCUT2D eigenvalue weighted by Crippen LogP contribution is 2.22. The zero-order chi connectivity index (χ0) is 20.9.